The molecule has 32 heavy (non-hydrogen) atoms. The smallest absolute Gasteiger partial charge is 0.358 e. The number of fused-ring (bicyclic) bond motifs is 1. The van der Waals surface area contributed by atoms with E-state index in [2.05, 4.69) is 11.7 Å². The summed E-state index contributed by atoms with van der Waals surface area (Å²) in [6.45, 7) is 1.48. The highest BCUT2D eigenvalue weighted by molar-refractivity contribution is 5.66. The maximum atomic E-state index is 14.6. The van der Waals surface area contributed by atoms with Crippen LogP contribution in [-0.4, -0.2) is 12.3 Å². The van der Waals surface area contributed by atoms with E-state index < -0.39 is 36.2 Å². The molecule has 0 aromatic heterocycles. The fourth-order valence-corrected chi connectivity index (χ4v) is 5.17. The maximum absolute atomic E-state index is 14.6. The molecule has 1 fully saturated rings. The molecule has 174 valence electrons. The van der Waals surface area contributed by atoms with Gasteiger partial charge in [0.05, 0.1) is 12.2 Å². The largest absolute Gasteiger partial charge is 0.420 e. The fourth-order valence-electron chi connectivity index (χ4n) is 5.17. The van der Waals surface area contributed by atoms with Gasteiger partial charge in [-0.25, -0.2) is 4.39 Å². The van der Waals surface area contributed by atoms with Crippen molar-refractivity contribution in [3.05, 3.63) is 58.9 Å². The van der Waals surface area contributed by atoms with Crippen LogP contribution in [-0.2, 0) is 17.3 Å². The molecule has 4 rings (SSSR count). The Balaban J connectivity index is 1.55. The number of hydrogen-bond acceptors (Lipinski definition) is 1. The van der Waals surface area contributed by atoms with Gasteiger partial charge in [-0.1, -0.05) is 44.0 Å². The predicted octanol–water partition coefficient (Wildman–Crippen LogP) is 8.12. The molecular weight excluding hydrogens is 430 g/mol. The standard InChI is InChI=1S/C25H26F6O/c1-2-3-15-4-6-16(7-5-15)17-8-10-18(11-9-17)19-12-20-14-32-23(25(29,30)31)24(27,28)22(20)21(26)13-19/h8-13,15-16,23H,2-7,14H2,1H3. The van der Waals surface area contributed by atoms with Crippen molar-refractivity contribution in [3.8, 4) is 11.1 Å². The molecule has 7 heteroatoms. The van der Waals surface area contributed by atoms with Crippen molar-refractivity contribution >= 4 is 0 Å². The normalized spacial score (nSPS) is 25.4. The Morgan fingerprint density at radius 2 is 1.62 bits per heavy atom. The molecule has 2 aliphatic rings. The molecule has 0 saturated heterocycles. The lowest BCUT2D eigenvalue weighted by molar-refractivity contribution is -0.299. The van der Waals surface area contributed by atoms with Gasteiger partial charge in [-0.2, -0.15) is 22.0 Å². The lowest BCUT2D eigenvalue weighted by Crippen LogP contribution is -2.48. The van der Waals surface area contributed by atoms with Crippen molar-refractivity contribution in [2.45, 2.75) is 76.2 Å². The Morgan fingerprint density at radius 3 is 2.22 bits per heavy atom. The molecule has 1 atom stereocenters. The third-order valence-corrected chi connectivity index (χ3v) is 6.80. The molecule has 1 heterocycles. The molecule has 0 amide bonds. The van der Waals surface area contributed by atoms with E-state index in [9.17, 15) is 26.3 Å². The molecule has 1 aliphatic heterocycles. The van der Waals surface area contributed by atoms with Crippen molar-refractivity contribution in [3.63, 3.8) is 0 Å². The van der Waals surface area contributed by atoms with Crippen LogP contribution in [0.2, 0.25) is 0 Å². The van der Waals surface area contributed by atoms with Gasteiger partial charge in [0.25, 0.3) is 0 Å². The van der Waals surface area contributed by atoms with Crippen molar-refractivity contribution in [2.75, 3.05) is 0 Å². The molecule has 2 aromatic carbocycles. The van der Waals surface area contributed by atoms with E-state index in [1.807, 2.05) is 24.3 Å². The van der Waals surface area contributed by atoms with Gasteiger partial charge in [0.15, 0.2) is 0 Å². The van der Waals surface area contributed by atoms with E-state index in [1.54, 1.807) is 0 Å². The molecule has 0 radical (unpaired) electrons. The van der Waals surface area contributed by atoms with E-state index in [1.165, 1.54) is 37.3 Å². The van der Waals surface area contributed by atoms with Gasteiger partial charge in [-0.3, -0.25) is 0 Å². The first-order chi connectivity index (χ1) is 15.1. The molecule has 2 aromatic rings. The van der Waals surface area contributed by atoms with Crippen LogP contribution in [0.3, 0.4) is 0 Å². The number of hydrogen-bond donors (Lipinski definition) is 0. The Labute approximate surface area is 183 Å². The highest BCUT2D eigenvalue weighted by Gasteiger charge is 2.61. The third kappa shape index (κ3) is 4.41. The quantitative estimate of drug-likeness (QED) is 0.422. The summed E-state index contributed by atoms with van der Waals surface area (Å²) in [4.78, 5) is 0. The van der Waals surface area contributed by atoms with Crippen molar-refractivity contribution in [2.24, 2.45) is 5.92 Å². The minimum Gasteiger partial charge on any atom is -0.358 e. The number of ether oxygens (including phenoxy) is 1. The molecule has 1 saturated carbocycles. The summed E-state index contributed by atoms with van der Waals surface area (Å²) in [6, 6.07) is 9.76. The van der Waals surface area contributed by atoms with Crippen LogP contribution in [0.5, 0.6) is 0 Å². The van der Waals surface area contributed by atoms with Gasteiger partial charge < -0.3 is 4.74 Å². The Kier molecular flexibility index (Phi) is 6.31. The Hall–Kier alpha value is -2.02. The van der Waals surface area contributed by atoms with E-state index >= 15 is 0 Å². The maximum Gasteiger partial charge on any atom is 0.420 e. The molecular formula is C25H26F6O. The Morgan fingerprint density at radius 1 is 0.969 bits per heavy atom. The first-order valence-corrected chi connectivity index (χ1v) is 11.1. The first kappa shape index (κ1) is 23.1. The van der Waals surface area contributed by atoms with Crippen LogP contribution in [0, 0.1) is 11.7 Å². The molecule has 0 N–H and O–H groups in total. The lowest BCUT2D eigenvalue weighted by Gasteiger charge is -2.34. The fraction of sp³-hybridized carbons (Fsp3) is 0.520. The highest BCUT2D eigenvalue weighted by atomic mass is 19.4. The first-order valence-electron chi connectivity index (χ1n) is 11.1. The lowest BCUT2D eigenvalue weighted by atomic mass is 9.77. The van der Waals surface area contributed by atoms with E-state index in [0.717, 1.165) is 24.8 Å². The van der Waals surface area contributed by atoms with Crippen LogP contribution in [0.15, 0.2) is 36.4 Å². The van der Waals surface area contributed by atoms with Crippen molar-refractivity contribution < 1.29 is 31.1 Å². The summed E-state index contributed by atoms with van der Waals surface area (Å²) >= 11 is 0. The Bertz CT molecular complexity index is 942. The number of rotatable bonds is 4. The van der Waals surface area contributed by atoms with Crippen LogP contribution < -0.4 is 0 Å². The van der Waals surface area contributed by atoms with Gasteiger partial charge in [0.1, 0.15) is 5.82 Å². The zero-order chi connectivity index (χ0) is 23.1. The van der Waals surface area contributed by atoms with Gasteiger partial charge in [0, 0.05) is 0 Å². The van der Waals surface area contributed by atoms with Gasteiger partial charge in [-0.15, -0.1) is 0 Å². The molecule has 1 nitrogen and oxygen atoms in total. The minimum atomic E-state index is -5.29. The summed E-state index contributed by atoms with van der Waals surface area (Å²) in [5.74, 6) is -4.57. The summed E-state index contributed by atoms with van der Waals surface area (Å²) in [5, 5.41) is 0. The van der Waals surface area contributed by atoms with Gasteiger partial charge >= 0.3 is 12.1 Å². The molecule has 1 unspecified atom stereocenters. The summed E-state index contributed by atoms with van der Waals surface area (Å²) in [6.07, 6.45) is -1.49. The summed E-state index contributed by atoms with van der Waals surface area (Å²) < 4.78 is 86.7. The van der Waals surface area contributed by atoms with Crippen molar-refractivity contribution in [1.29, 1.82) is 0 Å². The highest BCUT2D eigenvalue weighted by Crippen LogP contribution is 2.48. The second-order valence-corrected chi connectivity index (χ2v) is 8.98. The number of benzene rings is 2. The zero-order valence-corrected chi connectivity index (χ0v) is 17.8. The van der Waals surface area contributed by atoms with Gasteiger partial charge in [-0.05, 0) is 71.9 Å². The SMILES string of the molecule is CCCC1CCC(c2ccc(-c3cc(F)c4c(c3)COC(C(F)(F)F)C4(F)F)cc2)CC1. The van der Waals surface area contributed by atoms with Crippen molar-refractivity contribution in [1.82, 2.24) is 0 Å². The minimum absolute atomic E-state index is 0.260. The average Bonchev–Trinajstić information content (AvgIpc) is 2.73. The molecule has 0 bridgehead atoms. The van der Waals surface area contributed by atoms with Crippen LogP contribution in [0.25, 0.3) is 11.1 Å². The van der Waals surface area contributed by atoms with E-state index in [4.69, 9.17) is 0 Å². The number of alkyl halides is 5. The van der Waals surface area contributed by atoms with Crippen LogP contribution in [0.4, 0.5) is 26.3 Å². The monoisotopic (exact) mass is 456 g/mol. The predicted molar refractivity (Wildman–Crippen MR) is 110 cm³/mol. The average molecular weight is 456 g/mol. The zero-order valence-electron chi connectivity index (χ0n) is 17.8. The number of halogens is 6. The van der Waals surface area contributed by atoms with Crippen LogP contribution >= 0.6 is 0 Å². The summed E-state index contributed by atoms with van der Waals surface area (Å²) in [7, 11) is 0. The van der Waals surface area contributed by atoms with E-state index in [0.29, 0.717) is 17.0 Å². The third-order valence-electron chi connectivity index (χ3n) is 6.80. The summed E-state index contributed by atoms with van der Waals surface area (Å²) in [5.41, 5.74) is 0.671. The topological polar surface area (TPSA) is 9.23 Å². The molecule has 0 spiro atoms. The second-order valence-electron chi connectivity index (χ2n) is 8.98. The van der Waals surface area contributed by atoms with Crippen LogP contribution in [0.1, 0.15) is 68.1 Å². The van der Waals surface area contributed by atoms with Gasteiger partial charge in [0.2, 0.25) is 6.10 Å². The van der Waals surface area contributed by atoms with E-state index in [-0.39, 0.29) is 5.56 Å². The second kappa shape index (κ2) is 8.73. The molecule has 1 aliphatic carbocycles.